The van der Waals surface area contributed by atoms with E-state index in [4.69, 9.17) is 15.6 Å². The first-order valence-corrected chi connectivity index (χ1v) is 7.31. The Morgan fingerprint density at radius 1 is 1.42 bits per heavy atom. The van der Waals surface area contributed by atoms with Crippen molar-refractivity contribution in [1.82, 2.24) is 0 Å². The molecule has 0 radical (unpaired) electrons. The topological polar surface area (TPSA) is 55.5 Å². The van der Waals surface area contributed by atoms with Gasteiger partial charge in [-0.05, 0) is 55.3 Å². The predicted molar refractivity (Wildman–Crippen MR) is 77.5 cm³/mol. The lowest BCUT2D eigenvalue weighted by Crippen LogP contribution is -2.27. The van der Waals surface area contributed by atoms with Gasteiger partial charge in [-0.2, -0.15) is 0 Å². The highest BCUT2D eigenvalue weighted by Crippen LogP contribution is 2.41. The number of aliphatic hydroxyl groups excluding tert-OH is 1. The number of ether oxygens (including phenoxy) is 1. The van der Waals surface area contributed by atoms with Crippen LogP contribution < -0.4 is 10.5 Å². The van der Waals surface area contributed by atoms with Gasteiger partial charge in [-0.25, -0.2) is 0 Å². The van der Waals surface area contributed by atoms with Crippen LogP contribution in [0.1, 0.15) is 42.7 Å². The Balaban J connectivity index is 2.13. The van der Waals surface area contributed by atoms with Crippen LogP contribution in [0.5, 0.6) is 5.75 Å². The van der Waals surface area contributed by atoms with Gasteiger partial charge in [-0.15, -0.1) is 0 Å². The maximum atomic E-state index is 8.81. The van der Waals surface area contributed by atoms with Crippen LogP contribution in [0.2, 0.25) is 0 Å². The van der Waals surface area contributed by atoms with Gasteiger partial charge in [-0.3, -0.25) is 0 Å². The molecule has 19 heavy (non-hydrogen) atoms. The molecule has 1 aromatic rings. The van der Waals surface area contributed by atoms with Crippen LogP contribution in [0.4, 0.5) is 0 Å². The summed E-state index contributed by atoms with van der Waals surface area (Å²) in [7, 11) is 0. The molecule has 1 saturated carbocycles. The van der Waals surface area contributed by atoms with Crippen molar-refractivity contribution in [3.05, 3.63) is 29.3 Å². The third kappa shape index (κ3) is 3.28. The summed E-state index contributed by atoms with van der Waals surface area (Å²) in [6.45, 7) is 3.57. The van der Waals surface area contributed by atoms with Gasteiger partial charge in [0.2, 0.25) is 0 Å². The highest BCUT2D eigenvalue weighted by molar-refractivity contribution is 5.41. The van der Waals surface area contributed by atoms with Gasteiger partial charge >= 0.3 is 0 Å². The van der Waals surface area contributed by atoms with Gasteiger partial charge in [0.1, 0.15) is 5.75 Å². The van der Waals surface area contributed by atoms with Crippen LogP contribution in [0.15, 0.2) is 18.2 Å². The fourth-order valence-corrected chi connectivity index (χ4v) is 2.85. The number of hydrogen-bond donors (Lipinski definition) is 2. The summed E-state index contributed by atoms with van der Waals surface area (Å²) in [6.07, 6.45) is 4.62. The number of benzene rings is 1. The lowest BCUT2D eigenvalue weighted by molar-refractivity contribution is 0.232. The van der Waals surface area contributed by atoms with Crippen molar-refractivity contribution in [2.75, 3.05) is 19.8 Å². The fraction of sp³-hybridized carbons (Fsp3) is 0.625. The second-order valence-corrected chi connectivity index (χ2v) is 5.43. The first-order valence-electron chi connectivity index (χ1n) is 7.31. The Kier molecular flexibility index (Phi) is 5.23. The molecule has 1 aromatic carbocycles. The Morgan fingerprint density at radius 3 is 2.79 bits per heavy atom. The maximum Gasteiger partial charge on any atom is 0.122 e. The molecular weight excluding hydrogens is 238 g/mol. The van der Waals surface area contributed by atoms with Crippen molar-refractivity contribution in [1.29, 1.82) is 0 Å². The second kappa shape index (κ2) is 6.92. The molecule has 1 fully saturated rings. The standard InChI is InChI=1S/C16H25NO2/c1-12-14(15(11-17)13-5-2-6-13)7-3-8-16(12)19-10-4-9-18/h3,7-8,13,15,18H,2,4-6,9-11,17H2,1H3. The molecule has 0 bridgehead atoms. The monoisotopic (exact) mass is 263 g/mol. The minimum absolute atomic E-state index is 0.173. The number of hydrogen-bond acceptors (Lipinski definition) is 3. The predicted octanol–water partition coefficient (Wildman–Crippen LogP) is 2.60. The van der Waals surface area contributed by atoms with Crippen molar-refractivity contribution in [3.63, 3.8) is 0 Å². The zero-order valence-corrected chi connectivity index (χ0v) is 11.8. The zero-order valence-electron chi connectivity index (χ0n) is 11.8. The average Bonchev–Trinajstić information content (AvgIpc) is 2.36. The van der Waals surface area contributed by atoms with Crippen LogP contribution in [-0.4, -0.2) is 24.9 Å². The summed E-state index contributed by atoms with van der Waals surface area (Å²) >= 11 is 0. The van der Waals surface area contributed by atoms with E-state index in [1.165, 1.54) is 30.4 Å². The van der Waals surface area contributed by atoms with E-state index in [1.54, 1.807) is 0 Å². The highest BCUT2D eigenvalue weighted by Gasteiger charge is 2.28. The fourth-order valence-electron chi connectivity index (χ4n) is 2.85. The SMILES string of the molecule is Cc1c(OCCCO)cccc1C(CN)C1CCC1. The lowest BCUT2D eigenvalue weighted by Gasteiger charge is -2.34. The molecule has 3 nitrogen and oxygen atoms in total. The first-order chi connectivity index (χ1) is 9.27. The van der Waals surface area contributed by atoms with Crippen molar-refractivity contribution < 1.29 is 9.84 Å². The van der Waals surface area contributed by atoms with Crippen LogP contribution >= 0.6 is 0 Å². The van der Waals surface area contributed by atoms with E-state index in [0.29, 0.717) is 25.5 Å². The summed E-state index contributed by atoms with van der Waals surface area (Å²) in [4.78, 5) is 0. The molecule has 0 aliphatic heterocycles. The molecular formula is C16H25NO2. The lowest BCUT2D eigenvalue weighted by atomic mass is 9.72. The minimum Gasteiger partial charge on any atom is -0.493 e. The van der Waals surface area contributed by atoms with Crippen molar-refractivity contribution in [2.24, 2.45) is 11.7 Å². The van der Waals surface area contributed by atoms with Crippen LogP contribution in [-0.2, 0) is 0 Å². The number of nitrogens with two attached hydrogens (primary N) is 1. The maximum absolute atomic E-state index is 8.81. The van der Waals surface area contributed by atoms with Gasteiger partial charge in [-0.1, -0.05) is 18.6 Å². The van der Waals surface area contributed by atoms with E-state index in [-0.39, 0.29) is 6.61 Å². The Hall–Kier alpha value is -1.06. The summed E-state index contributed by atoms with van der Waals surface area (Å²) in [6, 6.07) is 6.24. The molecule has 1 unspecified atom stereocenters. The molecule has 2 rings (SSSR count). The highest BCUT2D eigenvalue weighted by atomic mass is 16.5. The Morgan fingerprint density at radius 2 is 2.21 bits per heavy atom. The van der Waals surface area contributed by atoms with Crippen LogP contribution in [0.25, 0.3) is 0 Å². The molecule has 3 N–H and O–H groups in total. The molecule has 1 aliphatic rings. The van der Waals surface area contributed by atoms with E-state index < -0.39 is 0 Å². The van der Waals surface area contributed by atoms with Gasteiger partial charge in [0.05, 0.1) is 6.61 Å². The van der Waals surface area contributed by atoms with Crippen LogP contribution in [0, 0.1) is 12.8 Å². The van der Waals surface area contributed by atoms with Crippen molar-refractivity contribution in [2.45, 2.75) is 38.5 Å². The molecule has 106 valence electrons. The van der Waals surface area contributed by atoms with Gasteiger partial charge in [0.25, 0.3) is 0 Å². The summed E-state index contributed by atoms with van der Waals surface area (Å²) in [5, 5.41) is 8.81. The largest absolute Gasteiger partial charge is 0.493 e. The molecule has 0 heterocycles. The molecule has 0 amide bonds. The van der Waals surface area contributed by atoms with E-state index in [0.717, 1.165) is 11.7 Å². The second-order valence-electron chi connectivity index (χ2n) is 5.43. The van der Waals surface area contributed by atoms with Gasteiger partial charge in [0.15, 0.2) is 0 Å². The molecule has 1 atom stereocenters. The van der Waals surface area contributed by atoms with E-state index >= 15 is 0 Å². The summed E-state index contributed by atoms with van der Waals surface area (Å²) < 4.78 is 5.74. The van der Waals surface area contributed by atoms with Gasteiger partial charge < -0.3 is 15.6 Å². The van der Waals surface area contributed by atoms with Gasteiger partial charge in [0, 0.05) is 13.0 Å². The summed E-state index contributed by atoms with van der Waals surface area (Å²) in [5.74, 6) is 2.15. The number of rotatable bonds is 7. The first kappa shape index (κ1) is 14.4. The minimum atomic E-state index is 0.173. The molecule has 3 heteroatoms. The van der Waals surface area contributed by atoms with Crippen LogP contribution in [0.3, 0.4) is 0 Å². The van der Waals surface area contributed by atoms with E-state index in [1.807, 2.05) is 6.07 Å². The normalized spacial score (nSPS) is 17.0. The number of aliphatic hydroxyl groups is 1. The molecule has 1 aliphatic carbocycles. The Labute approximate surface area is 115 Å². The molecule has 0 aromatic heterocycles. The van der Waals surface area contributed by atoms with Crippen molar-refractivity contribution >= 4 is 0 Å². The summed E-state index contributed by atoms with van der Waals surface area (Å²) in [5.41, 5.74) is 8.53. The molecule has 0 saturated heterocycles. The van der Waals surface area contributed by atoms with E-state index in [9.17, 15) is 0 Å². The van der Waals surface area contributed by atoms with E-state index in [2.05, 4.69) is 19.1 Å². The third-order valence-corrected chi connectivity index (χ3v) is 4.26. The van der Waals surface area contributed by atoms with Crippen molar-refractivity contribution in [3.8, 4) is 5.75 Å². The quantitative estimate of drug-likeness (QED) is 0.743. The smallest absolute Gasteiger partial charge is 0.122 e. The zero-order chi connectivity index (χ0) is 13.7. The average molecular weight is 263 g/mol. The Bertz CT molecular complexity index is 402. The molecule has 0 spiro atoms. The third-order valence-electron chi connectivity index (χ3n) is 4.26.